The molecular weight excluding hydrogens is 697 g/mol. The van der Waals surface area contributed by atoms with Crippen molar-refractivity contribution in [2.75, 3.05) is 54.4 Å². The number of rotatable bonds is 10. The molecule has 2 aliphatic rings. The van der Waals surface area contributed by atoms with Crippen molar-refractivity contribution in [3.63, 3.8) is 0 Å². The third kappa shape index (κ3) is 8.46. The number of sulfonamides is 1. The van der Waals surface area contributed by atoms with Gasteiger partial charge in [0.2, 0.25) is 16.0 Å². The Balaban J connectivity index is 1.03. The van der Waals surface area contributed by atoms with Crippen molar-refractivity contribution in [3.8, 4) is 5.75 Å². The van der Waals surface area contributed by atoms with Gasteiger partial charge in [-0.3, -0.25) is 0 Å². The lowest BCUT2D eigenvalue weighted by Gasteiger charge is -2.37. The fourth-order valence-electron chi connectivity index (χ4n) is 6.28. The first-order valence-electron chi connectivity index (χ1n) is 15.6. The van der Waals surface area contributed by atoms with Crippen LogP contribution in [0.2, 0.25) is 0 Å². The van der Waals surface area contributed by atoms with Gasteiger partial charge in [0.15, 0.2) is 5.75 Å². The fourth-order valence-corrected chi connectivity index (χ4v) is 7.85. The number of piperazine rings is 1. The summed E-state index contributed by atoms with van der Waals surface area (Å²) in [5.74, 6) is 1.17. The number of para-hydroxylation sites is 2. The predicted octanol–water partition coefficient (Wildman–Crippen LogP) is 6.81. The summed E-state index contributed by atoms with van der Waals surface area (Å²) in [7, 11) is -4.22. The Morgan fingerprint density at radius 2 is 1.47 bits per heavy atom. The number of alkyl halides is 3. The molecule has 1 aliphatic heterocycles. The number of benzene rings is 3. The quantitative estimate of drug-likeness (QED) is 0.184. The molecule has 0 radical (unpaired) electrons. The summed E-state index contributed by atoms with van der Waals surface area (Å²) in [6, 6.07) is 21.9. The summed E-state index contributed by atoms with van der Waals surface area (Å²) in [6.45, 7) is 4.32. The van der Waals surface area contributed by atoms with Crippen LogP contribution in [0.25, 0.3) is 10.9 Å². The summed E-state index contributed by atoms with van der Waals surface area (Å²) in [5, 5.41) is 4.48. The zero-order chi connectivity index (χ0) is 33.0. The van der Waals surface area contributed by atoms with E-state index in [1.165, 1.54) is 11.8 Å². The summed E-state index contributed by atoms with van der Waals surface area (Å²) in [5.41, 5.74) is 2.11. The normalized spacial score (nSPS) is 19.1. The molecule has 1 aromatic heterocycles. The molecule has 0 amide bonds. The Kier molecular flexibility index (Phi) is 10.1. The van der Waals surface area contributed by atoms with E-state index in [4.69, 9.17) is 9.97 Å². The Morgan fingerprint density at radius 3 is 2.17 bits per heavy atom. The van der Waals surface area contributed by atoms with Gasteiger partial charge in [-0.2, -0.15) is 4.98 Å². The van der Waals surface area contributed by atoms with Crippen LogP contribution in [-0.4, -0.2) is 64.0 Å². The number of hydrogen-bond donors (Lipinski definition) is 2. The highest BCUT2D eigenvalue weighted by Gasteiger charge is 2.34. The van der Waals surface area contributed by atoms with Crippen LogP contribution in [0, 0.1) is 11.8 Å². The van der Waals surface area contributed by atoms with Crippen LogP contribution in [0.5, 0.6) is 5.75 Å². The third-order valence-electron chi connectivity index (χ3n) is 8.78. The van der Waals surface area contributed by atoms with E-state index >= 15 is 0 Å². The van der Waals surface area contributed by atoms with E-state index in [2.05, 4.69) is 70.8 Å². The van der Waals surface area contributed by atoms with Crippen LogP contribution in [-0.2, 0) is 10.0 Å². The fraction of sp³-hybridized carbons (Fsp3) is 0.394. The lowest BCUT2D eigenvalue weighted by molar-refractivity contribution is -0.275. The average Bonchev–Trinajstić information content (AvgIpc) is 3.06. The number of nitrogens with zero attached hydrogens (tertiary/aromatic N) is 4. The molecule has 1 aliphatic carbocycles. The molecule has 250 valence electrons. The lowest BCUT2D eigenvalue weighted by atomic mass is 9.82. The predicted molar refractivity (Wildman–Crippen MR) is 180 cm³/mol. The molecule has 14 heteroatoms. The highest BCUT2D eigenvalue weighted by atomic mass is 79.9. The van der Waals surface area contributed by atoms with Crippen molar-refractivity contribution in [1.82, 2.24) is 14.7 Å². The topological polar surface area (TPSA) is 99.7 Å². The molecule has 6 rings (SSSR count). The smallest absolute Gasteiger partial charge is 0.404 e. The SMILES string of the molecule is O=S(=O)(NCC1CCC(CNc2nc(N3CCN(c4ccccc4)CC3)c3ccccc3n2)CC1)c1ccc(Br)cc1OC(F)(F)F. The van der Waals surface area contributed by atoms with Crippen LogP contribution < -0.4 is 24.6 Å². The minimum atomic E-state index is -5.02. The van der Waals surface area contributed by atoms with E-state index in [0.29, 0.717) is 18.4 Å². The maximum atomic E-state index is 12.9. The Bertz CT molecular complexity index is 1780. The van der Waals surface area contributed by atoms with Gasteiger partial charge in [0.25, 0.3) is 0 Å². The van der Waals surface area contributed by atoms with Gasteiger partial charge in [-0.25, -0.2) is 18.1 Å². The van der Waals surface area contributed by atoms with E-state index in [0.717, 1.165) is 80.7 Å². The number of anilines is 3. The molecule has 0 atom stereocenters. The highest BCUT2D eigenvalue weighted by molar-refractivity contribution is 9.10. The minimum absolute atomic E-state index is 0.0709. The van der Waals surface area contributed by atoms with Gasteiger partial charge in [-0.05, 0) is 80.0 Å². The van der Waals surface area contributed by atoms with Crippen molar-refractivity contribution >= 4 is 54.3 Å². The summed E-state index contributed by atoms with van der Waals surface area (Å²) >= 11 is 3.07. The van der Waals surface area contributed by atoms with Crippen molar-refractivity contribution in [2.45, 2.75) is 36.9 Å². The molecule has 2 N–H and O–H groups in total. The molecule has 0 unspecified atom stereocenters. The first-order chi connectivity index (χ1) is 22.5. The van der Waals surface area contributed by atoms with Crippen molar-refractivity contribution in [3.05, 3.63) is 77.3 Å². The molecule has 0 spiro atoms. The Morgan fingerprint density at radius 1 is 0.830 bits per heavy atom. The zero-order valence-electron chi connectivity index (χ0n) is 25.6. The Hall–Kier alpha value is -3.62. The van der Waals surface area contributed by atoms with E-state index in [9.17, 15) is 21.6 Å². The largest absolute Gasteiger partial charge is 0.573 e. The second-order valence-electron chi connectivity index (χ2n) is 12.0. The molecule has 3 aromatic carbocycles. The molecule has 2 fully saturated rings. The molecule has 1 saturated carbocycles. The molecule has 2 heterocycles. The van der Waals surface area contributed by atoms with Gasteiger partial charge in [0.1, 0.15) is 10.7 Å². The summed E-state index contributed by atoms with van der Waals surface area (Å²) in [4.78, 5) is 13.9. The van der Waals surface area contributed by atoms with E-state index in [1.54, 1.807) is 0 Å². The number of hydrogen-bond acceptors (Lipinski definition) is 8. The van der Waals surface area contributed by atoms with E-state index in [-0.39, 0.29) is 16.9 Å². The van der Waals surface area contributed by atoms with Crippen LogP contribution in [0.1, 0.15) is 25.7 Å². The highest BCUT2D eigenvalue weighted by Crippen LogP contribution is 2.34. The standard InChI is InChI=1S/C33H36BrF3N6O3S/c34-25-14-15-30(29(20-25)46-33(35,36)37)47(44,45)39-22-24-12-10-23(11-13-24)21-38-32-40-28-9-5-4-8-27(28)31(41-32)43-18-16-42(17-19-43)26-6-2-1-3-7-26/h1-9,14-15,20,23-24,39H,10-13,16-19,21-22H2,(H,38,40,41). The van der Waals surface area contributed by atoms with Crippen LogP contribution in [0.4, 0.5) is 30.6 Å². The van der Waals surface area contributed by atoms with Gasteiger partial charge < -0.3 is 19.9 Å². The van der Waals surface area contributed by atoms with Crippen molar-refractivity contribution in [2.24, 2.45) is 11.8 Å². The van der Waals surface area contributed by atoms with Crippen LogP contribution >= 0.6 is 15.9 Å². The number of fused-ring (bicyclic) bond motifs is 1. The monoisotopic (exact) mass is 732 g/mol. The van der Waals surface area contributed by atoms with Gasteiger partial charge in [-0.1, -0.05) is 46.3 Å². The number of nitrogens with one attached hydrogen (secondary N) is 2. The first kappa shape index (κ1) is 33.3. The maximum absolute atomic E-state index is 12.9. The average molecular weight is 734 g/mol. The molecule has 4 aromatic rings. The number of halogens is 4. The number of ether oxygens (including phenoxy) is 1. The van der Waals surface area contributed by atoms with Crippen LogP contribution in [0.15, 0.2) is 82.2 Å². The molecule has 1 saturated heterocycles. The lowest BCUT2D eigenvalue weighted by Crippen LogP contribution is -2.47. The van der Waals surface area contributed by atoms with Crippen molar-refractivity contribution in [1.29, 1.82) is 0 Å². The van der Waals surface area contributed by atoms with Crippen molar-refractivity contribution < 1.29 is 26.3 Å². The summed E-state index contributed by atoms with van der Waals surface area (Å²) in [6.07, 6.45) is -1.69. The minimum Gasteiger partial charge on any atom is -0.404 e. The zero-order valence-corrected chi connectivity index (χ0v) is 28.0. The number of aromatic nitrogens is 2. The first-order valence-corrected chi connectivity index (χ1v) is 17.9. The van der Waals surface area contributed by atoms with Gasteiger partial charge in [0.05, 0.1) is 5.52 Å². The summed E-state index contributed by atoms with van der Waals surface area (Å²) < 4.78 is 71.3. The van der Waals surface area contributed by atoms with Gasteiger partial charge >= 0.3 is 6.36 Å². The molecule has 0 bridgehead atoms. The second kappa shape index (κ2) is 14.2. The molecule has 9 nitrogen and oxygen atoms in total. The van der Waals surface area contributed by atoms with E-state index in [1.807, 2.05) is 24.3 Å². The molecule has 47 heavy (non-hydrogen) atoms. The van der Waals surface area contributed by atoms with E-state index < -0.39 is 27.0 Å². The molecular formula is C33H36BrF3N6O3S. The maximum Gasteiger partial charge on any atom is 0.573 e. The van der Waals surface area contributed by atoms with Crippen LogP contribution in [0.3, 0.4) is 0 Å². The van der Waals surface area contributed by atoms with Gasteiger partial charge in [0, 0.05) is 54.8 Å². The second-order valence-corrected chi connectivity index (χ2v) is 14.6. The van der Waals surface area contributed by atoms with Gasteiger partial charge in [-0.15, -0.1) is 13.2 Å². The third-order valence-corrected chi connectivity index (χ3v) is 10.7. The Labute approximate surface area is 280 Å².